The fourth-order valence-electron chi connectivity index (χ4n) is 3.19. The standard InChI is InChI=1S/C22H25ClN2O3/c1-15-3-4-17(13-16(15)2)21(26)7-8-22(27)24-19-14-18(23)5-6-20(19)25-9-11-28-12-10-25/h3-6,13-14H,7-12H2,1-2H3,(H,24,27). The highest BCUT2D eigenvalue weighted by molar-refractivity contribution is 6.31. The summed E-state index contributed by atoms with van der Waals surface area (Å²) in [5, 5.41) is 3.47. The minimum Gasteiger partial charge on any atom is -0.378 e. The second kappa shape index (κ2) is 9.22. The molecular weight excluding hydrogens is 376 g/mol. The molecule has 2 aromatic carbocycles. The molecule has 0 radical (unpaired) electrons. The van der Waals surface area contributed by atoms with Gasteiger partial charge in [0.15, 0.2) is 5.78 Å². The summed E-state index contributed by atoms with van der Waals surface area (Å²) in [6.07, 6.45) is 0.294. The molecule has 148 valence electrons. The number of ketones is 1. The molecule has 6 heteroatoms. The molecule has 3 rings (SSSR count). The maximum absolute atomic E-state index is 12.5. The summed E-state index contributed by atoms with van der Waals surface area (Å²) in [6, 6.07) is 11.1. The molecule has 0 aliphatic carbocycles. The number of amides is 1. The number of rotatable bonds is 6. The Kier molecular flexibility index (Phi) is 6.70. The Balaban J connectivity index is 1.63. The van der Waals surface area contributed by atoms with Gasteiger partial charge in [0.25, 0.3) is 0 Å². The van der Waals surface area contributed by atoms with Crippen LogP contribution in [0.5, 0.6) is 0 Å². The van der Waals surface area contributed by atoms with Crippen molar-refractivity contribution in [3.63, 3.8) is 0 Å². The first-order chi connectivity index (χ1) is 13.4. The Morgan fingerprint density at radius 1 is 1.04 bits per heavy atom. The van der Waals surface area contributed by atoms with Crippen molar-refractivity contribution in [1.82, 2.24) is 0 Å². The summed E-state index contributed by atoms with van der Waals surface area (Å²) in [7, 11) is 0. The van der Waals surface area contributed by atoms with Crippen LogP contribution in [0, 0.1) is 13.8 Å². The molecule has 2 aromatic rings. The first kappa shape index (κ1) is 20.4. The quantitative estimate of drug-likeness (QED) is 0.730. The van der Waals surface area contributed by atoms with E-state index in [4.69, 9.17) is 16.3 Å². The van der Waals surface area contributed by atoms with Gasteiger partial charge in [0, 0.05) is 36.5 Å². The Morgan fingerprint density at radius 3 is 2.50 bits per heavy atom. The minimum atomic E-state index is -0.200. The van der Waals surface area contributed by atoms with Gasteiger partial charge in [0.1, 0.15) is 0 Å². The van der Waals surface area contributed by atoms with Gasteiger partial charge in [0.05, 0.1) is 24.6 Å². The number of hydrogen-bond acceptors (Lipinski definition) is 4. The fourth-order valence-corrected chi connectivity index (χ4v) is 3.36. The molecule has 0 atom stereocenters. The largest absolute Gasteiger partial charge is 0.378 e. The van der Waals surface area contributed by atoms with E-state index < -0.39 is 0 Å². The highest BCUT2D eigenvalue weighted by Crippen LogP contribution is 2.30. The van der Waals surface area contributed by atoms with Crippen molar-refractivity contribution < 1.29 is 14.3 Å². The normalized spacial score (nSPS) is 14.0. The summed E-state index contributed by atoms with van der Waals surface area (Å²) < 4.78 is 5.40. The number of anilines is 2. The molecule has 1 saturated heterocycles. The third kappa shape index (κ3) is 5.12. The van der Waals surface area contributed by atoms with Crippen LogP contribution in [-0.4, -0.2) is 38.0 Å². The van der Waals surface area contributed by atoms with Crippen LogP contribution in [0.2, 0.25) is 5.02 Å². The predicted octanol–water partition coefficient (Wildman–Crippen LogP) is 4.40. The summed E-state index contributed by atoms with van der Waals surface area (Å²) >= 11 is 6.13. The highest BCUT2D eigenvalue weighted by atomic mass is 35.5. The number of nitrogens with one attached hydrogen (secondary N) is 1. The number of morpholine rings is 1. The zero-order valence-electron chi connectivity index (χ0n) is 16.3. The Labute approximate surface area is 170 Å². The smallest absolute Gasteiger partial charge is 0.224 e. The third-order valence-electron chi connectivity index (χ3n) is 4.99. The second-order valence-electron chi connectivity index (χ2n) is 7.03. The summed E-state index contributed by atoms with van der Waals surface area (Å²) in [6.45, 7) is 6.81. The van der Waals surface area contributed by atoms with Crippen LogP contribution >= 0.6 is 11.6 Å². The first-order valence-electron chi connectivity index (χ1n) is 9.46. The van der Waals surface area contributed by atoms with Gasteiger partial charge in [-0.2, -0.15) is 0 Å². The Bertz CT molecular complexity index is 876. The SMILES string of the molecule is Cc1ccc(C(=O)CCC(=O)Nc2cc(Cl)ccc2N2CCOCC2)cc1C. The molecule has 1 amide bonds. The van der Waals surface area contributed by atoms with Gasteiger partial charge < -0.3 is 15.0 Å². The van der Waals surface area contributed by atoms with Crippen LogP contribution in [-0.2, 0) is 9.53 Å². The molecule has 28 heavy (non-hydrogen) atoms. The van der Waals surface area contributed by atoms with E-state index in [2.05, 4.69) is 10.2 Å². The van der Waals surface area contributed by atoms with E-state index >= 15 is 0 Å². The van der Waals surface area contributed by atoms with Gasteiger partial charge in [-0.1, -0.05) is 23.7 Å². The van der Waals surface area contributed by atoms with E-state index in [1.54, 1.807) is 6.07 Å². The average Bonchev–Trinajstić information content (AvgIpc) is 2.69. The lowest BCUT2D eigenvalue weighted by Crippen LogP contribution is -2.36. The molecule has 1 aliphatic heterocycles. The van der Waals surface area contributed by atoms with Crippen LogP contribution in [0.1, 0.15) is 34.3 Å². The predicted molar refractivity (Wildman–Crippen MR) is 113 cm³/mol. The Morgan fingerprint density at radius 2 is 1.79 bits per heavy atom. The van der Waals surface area contributed by atoms with Crippen molar-refractivity contribution in [1.29, 1.82) is 0 Å². The van der Waals surface area contributed by atoms with Crippen LogP contribution in [0.15, 0.2) is 36.4 Å². The molecule has 1 heterocycles. The number of aryl methyl sites for hydroxylation is 2. The van der Waals surface area contributed by atoms with E-state index in [1.165, 1.54) is 0 Å². The van der Waals surface area contributed by atoms with Crippen LogP contribution in [0.25, 0.3) is 0 Å². The van der Waals surface area contributed by atoms with E-state index in [1.807, 2.05) is 44.2 Å². The van der Waals surface area contributed by atoms with Gasteiger partial charge in [-0.15, -0.1) is 0 Å². The third-order valence-corrected chi connectivity index (χ3v) is 5.23. The lowest BCUT2D eigenvalue weighted by Gasteiger charge is -2.30. The van der Waals surface area contributed by atoms with E-state index in [0.717, 1.165) is 29.9 Å². The number of nitrogens with zero attached hydrogens (tertiary/aromatic N) is 1. The summed E-state index contributed by atoms with van der Waals surface area (Å²) in [5.74, 6) is -0.230. The van der Waals surface area contributed by atoms with Gasteiger partial charge in [-0.3, -0.25) is 9.59 Å². The highest BCUT2D eigenvalue weighted by Gasteiger charge is 2.17. The maximum Gasteiger partial charge on any atom is 0.224 e. The van der Waals surface area contributed by atoms with Gasteiger partial charge >= 0.3 is 0 Å². The number of hydrogen-bond donors (Lipinski definition) is 1. The molecule has 0 unspecified atom stereocenters. The topological polar surface area (TPSA) is 58.6 Å². The molecule has 1 N–H and O–H groups in total. The molecule has 1 fully saturated rings. The molecule has 5 nitrogen and oxygen atoms in total. The first-order valence-corrected chi connectivity index (χ1v) is 9.84. The number of ether oxygens (including phenoxy) is 1. The lowest BCUT2D eigenvalue weighted by molar-refractivity contribution is -0.116. The van der Waals surface area contributed by atoms with E-state index in [-0.39, 0.29) is 24.5 Å². The zero-order valence-corrected chi connectivity index (χ0v) is 17.0. The van der Waals surface area contributed by atoms with Gasteiger partial charge in [-0.25, -0.2) is 0 Å². The van der Waals surface area contributed by atoms with Crippen molar-refractivity contribution >= 4 is 34.7 Å². The van der Waals surface area contributed by atoms with Gasteiger partial charge in [0.2, 0.25) is 5.91 Å². The maximum atomic E-state index is 12.5. The molecule has 0 spiro atoms. The van der Waals surface area contributed by atoms with Crippen LogP contribution in [0.4, 0.5) is 11.4 Å². The van der Waals surface area contributed by atoms with Crippen molar-refractivity contribution in [2.45, 2.75) is 26.7 Å². The Hall–Kier alpha value is -2.37. The van der Waals surface area contributed by atoms with Crippen molar-refractivity contribution in [2.24, 2.45) is 0 Å². The lowest BCUT2D eigenvalue weighted by atomic mass is 10.0. The number of carbonyl (C=O) groups excluding carboxylic acids is 2. The fraction of sp³-hybridized carbons (Fsp3) is 0.364. The van der Waals surface area contributed by atoms with Crippen molar-refractivity contribution in [2.75, 3.05) is 36.5 Å². The number of benzene rings is 2. The summed E-state index contributed by atoms with van der Waals surface area (Å²) in [5.41, 5.74) is 4.45. The number of carbonyl (C=O) groups is 2. The molecular formula is C22H25ClN2O3. The van der Waals surface area contributed by atoms with Crippen molar-refractivity contribution in [3.8, 4) is 0 Å². The number of halogens is 1. The summed E-state index contributed by atoms with van der Waals surface area (Å²) in [4.78, 5) is 27.0. The van der Waals surface area contributed by atoms with Crippen molar-refractivity contribution in [3.05, 3.63) is 58.1 Å². The van der Waals surface area contributed by atoms with E-state index in [9.17, 15) is 9.59 Å². The molecule has 0 bridgehead atoms. The van der Waals surface area contributed by atoms with E-state index in [0.29, 0.717) is 29.5 Å². The molecule has 0 saturated carbocycles. The van der Waals surface area contributed by atoms with Crippen LogP contribution < -0.4 is 10.2 Å². The molecule has 0 aromatic heterocycles. The monoisotopic (exact) mass is 400 g/mol. The van der Waals surface area contributed by atoms with Crippen LogP contribution in [0.3, 0.4) is 0 Å². The second-order valence-corrected chi connectivity index (χ2v) is 7.47. The average molecular weight is 401 g/mol. The molecule has 1 aliphatic rings. The zero-order chi connectivity index (χ0) is 20.1. The van der Waals surface area contributed by atoms with Gasteiger partial charge in [-0.05, 0) is 49.2 Å². The number of Topliss-reactive ketones (excluding diaryl/α,β-unsaturated/α-hetero) is 1. The minimum absolute atomic E-state index is 0.0299.